The largest absolute Gasteiger partial charge is 0.332 e. The Kier molecular flexibility index (Phi) is 5.53. The number of hydrogen-bond donors (Lipinski definition) is 0. The van der Waals surface area contributed by atoms with Gasteiger partial charge in [0, 0.05) is 8.07 Å². The van der Waals surface area contributed by atoms with E-state index in [0.29, 0.717) is 6.61 Å². The van der Waals surface area contributed by atoms with Gasteiger partial charge < -0.3 is 4.52 Å². The summed E-state index contributed by atoms with van der Waals surface area (Å²) in [5, 5.41) is 0. The van der Waals surface area contributed by atoms with E-state index in [2.05, 4.69) is 19.6 Å². The van der Waals surface area contributed by atoms with E-state index in [1.165, 1.54) is 0 Å². The van der Waals surface area contributed by atoms with Crippen LogP contribution in [0.1, 0.15) is 0 Å². The number of hydrogen-bond acceptors (Lipinski definition) is 1. The number of halogens is 2. The molecule has 0 fully saturated rings. The molecule has 0 atom stereocenters. The maximum atomic E-state index is 5.43. The summed E-state index contributed by atoms with van der Waals surface area (Å²) >= 11 is 10.9. The summed E-state index contributed by atoms with van der Waals surface area (Å²) in [5.41, 5.74) is 0. The molecule has 0 heterocycles. The Morgan fingerprint density at radius 1 is 1.30 bits per heavy atom. The van der Waals surface area contributed by atoms with Crippen LogP contribution in [0.5, 0.6) is 0 Å². The first-order chi connectivity index (χ1) is 4.42. The van der Waals surface area contributed by atoms with Crippen LogP contribution >= 0.6 is 29.3 Å². The molecular weight excluding hydrogens is 206 g/mol. The van der Waals surface area contributed by atoms with Crippen LogP contribution in [0.15, 0.2) is 0 Å². The van der Waals surface area contributed by atoms with E-state index in [4.69, 9.17) is 27.0 Å². The molecule has 0 aromatic heterocycles. The zero-order valence-electron chi connectivity index (χ0n) is 6.53. The molecule has 0 aromatic carbocycles. The highest BCUT2D eigenvalue weighted by molar-refractivity contribution is 8.00. The summed E-state index contributed by atoms with van der Waals surface area (Å²) in [6.45, 7) is 6.41. The summed E-state index contributed by atoms with van der Waals surface area (Å²) in [7, 11) is -0.956. The second-order valence-corrected chi connectivity index (χ2v) is 12.0. The van der Waals surface area contributed by atoms with Crippen molar-refractivity contribution >= 4 is 37.4 Å². The lowest BCUT2D eigenvalue weighted by Crippen LogP contribution is -2.20. The van der Waals surface area contributed by atoms with E-state index >= 15 is 0 Å². The molecule has 10 heavy (non-hydrogen) atoms. The third kappa shape index (κ3) is 9.19. The lowest BCUT2D eigenvalue weighted by Gasteiger charge is -2.14. The van der Waals surface area contributed by atoms with E-state index in [1.807, 2.05) is 0 Å². The van der Waals surface area contributed by atoms with Crippen molar-refractivity contribution in [3.05, 3.63) is 0 Å². The molecule has 0 aromatic rings. The van der Waals surface area contributed by atoms with Gasteiger partial charge in [-0.3, -0.25) is 0 Å². The average Bonchev–Trinajstić information content (AvgIpc) is 1.59. The fraction of sp³-hybridized carbons (Fsp3) is 1.00. The van der Waals surface area contributed by atoms with Gasteiger partial charge in [-0.15, -0.1) is 0 Å². The first-order valence-corrected chi connectivity index (χ1v) is 9.94. The molecule has 1 nitrogen and oxygen atoms in total. The first kappa shape index (κ1) is 11.2. The normalized spacial score (nSPS) is 12.6. The minimum atomic E-state index is -1.19. The summed E-state index contributed by atoms with van der Waals surface area (Å²) < 4.78 is 5.05. The topological polar surface area (TPSA) is 9.23 Å². The minimum Gasteiger partial charge on any atom is -0.332 e. The van der Waals surface area contributed by atoms with E-state index in [0.717, 1.165) is 6.04 Å². The second-order valence-electron chi connectivity index (χ2n) is 3.35. The van der Waals surface area contributed by atoms with Gasteiger partial charge in [0.25, 0.3) is 0 Å². The molecule has 0 aliphatic heterocycles. The summed E-state index contributed by atoms with van der Waals surface area (Å²) in [5.74, 6) is 0. The molecule has 0 aliphatic carbocycles. The lowest BCUT2D eigenvalue weighted by molar-refractivity contribution is 0.391. The molecule has 0 radical (unpaired) electrons. The highest BCUT2D eigenvalue weighted by Gasteiger charge is 2.13. The zero-order valence-corrected chi connectivity index (χ0v) is 9.93. The third-order valence-electron chi connectivity index (χ3n) is 1.04. The van der Waals surface area contributed by atoms with Gasteiger partial charge in [-0.1, -0.05) is 19.6 Å². The molecule has 5 heteroatoms. The standard InChI is InChI=1S/C5H13Cl2OPSi/c1-10(2,3)5-4-8-9(6)7/h4-5H2,1-3H3. The molecule has 0 rings (SSSR count). The molecule has 0 saturated heterocycles. The molecule has 62 valence electrons. The number of rotatable bonds is 4. The first-order valence-electron chi connectivity index (χ1n) is 3.16. The van der Waals surface area contributed by atoms with Crippen LogP contribution < -0.4 is 0 Å². The van der Waals surface area contributed by atoms with Crippen molar-refractivity contribution in [1.82, 2.24) is 0 Å². The molecule has 0 bridgehead atoms. The van der Waals surface area contributed by atoms with E-state index in [9.17, 15) is 0 Å². The Hall–Kier alpha value is 1.19. The van der Waals surface area contributed by atoms with Crippen molar-refractivity contribution in [3.63, 3.8) is 0 Å². The quantitative estimate of drug-likeness (QED) is 0.512. The van der Waals surface area contributed by atoms with Crippen LogP contribution in [0.2, 0.25) is 25.7 Å². The smallest absolute Gasteiger partial charge is 0.225 e. The fourth-order valence-electron chi connectivity index (χ4n) is 0.421. The maximum Gasteiger partial charge on any atom is 0.225 e. The predicted octanol–water partition coefficient (Wildman–Crippen LogP) is 4.05. The molecule has 0 saturated carbocycles. The molecule has 0 spiro atoms. The second kappa shape index (κ2) is 4.94. The van der Waals surface area contributed by atoms with E-state index in [-0.39, 0.29) is 0 Å². The zero-order chi connectivity index (χ0) is 8.20. The Morgan fingerprint density at radius 3 is 2.10 bits per heavy atom. The van der Waals surface area contributed by atoms with Gasteiger partial charge in [0.05, 0.1) is 6.61 Å². The fourth-order valence-corrected chi connectivity index (χ4v) is 1.95. The predicted molar refractivity (Wildman–Crippen MR) is 52.7 cm³/mol. The molecular formula is C5H13Cl2OPSi. The van der Waals surface area contributed by atoms with Crippen molar-refractivity contribution in [2.24, 2.45) is 0 Å². The van der Waals surface area contributed by atoms with Gasteiger partial charge in [0.15, 0.2) is 0 Å². The molecule has 0 aliphatic rings. The van der Waals surface area contributed by atoms with Gasteiger partial charge >= 0.3 is 0 Å². The average molecular weight is 219 g/mol. The van der Waals surface area contributed by atoms with Gasteiger partial charge in [-0.25, -0.2) is 0 Å². The van der Waals surface area contributed by atoms with Gasteiger partial charge in [0.1, 0.15) is 0 Å². The highest BCUT2D eigenvalue weighted by Crippen LogP contribution is 2.47. The van der Waals surface area contributed by atoms with Gasteiger partial charge in [-0.2, -0.15) is 0 Å². The summed E-state index contributed by atoms with van der Waals surface area (Å²) in [6.07, 6.45) is 0. The van der Waals surface area contributed by atoms with Crippen LogP contribution in [0, 0.1) is 0 Å². The SMILES string of the molecule is C[Si](C)(C)CCOP(Cl)Cl. The van der Waals surface area contributed by atoms with Crippen molar-refractivity contribution in [1.29, 1.82) is 0 Å². The Morgan fingerprint density at radius 2 is 1.80 bits per heavy atom. The van der Waals surface area contributed by atoms with E-state index < -0.39 is 14.9 Å². The lowest BCUT2D eigenvalue weighted by atomic mass is 10.9. The van der Waals surface area contributed by atoms with Gasteiger partial charge in [0.2, 0.25) is 6.85 Å². The van der Waals surface area contributed by atoms with Crippen LogP contribution in [0.25, 0.3) is 0 Å². The molecule has 0 amide bonds. The summed E-state index contributed by atoms with van der Waals surface area (Å²) in [6, 6.07) is 1.13. The van der Waals surface area contributed by atoms with Crippen molar-refractivity contribution < 1.29 is 4.52 Å². The van der Waals surface area contributed by atoms with Crippen LogP contribution in [-0.2, 0) is 4.52 Å². The maximum absolute atomic E-state index is 5.43. The minimum absolute atomic E-state index is 0.717. The van der Waals surface area contributed by atoms with Crippen molar-refractivity contribution in [2.45, 2.75) is 25.7 Å². The Labute approximate surface area is 74.5 Å². The van der Waals surface area contributed by atoms with Crippen molar-refractivity contribution in [2.75, 3.05) is 6.61 Å². The summed E-state index contributed by atoms with van der Waals surface area (Å²) in [4.78, 5) is 0. The molecule has 0 N–H and O–H groups in total. The Balaban J connectivity index is 3.21. The highest BCUT2D eigenvalue weighted by atomic mass is 35.9. The monoisotopic (exact) mass is 218 g/mol. The van der Waals surface area contributed by atoms with E-state index in [1.54, 1.807) is 0 Å². The molecule has 0 unspecified atom stereocenters. The van der Waals surface area contributed by atoms with Crippen LogP contribution in [-0.4, -0.2) is 14.7 Å². The third-order valence-corrected chi connectivity index (χ3v) is 3.71. The Bertz CT molecular complexity index is 94.1. The van der Waals surface area contributed by atoms with Crippen molar-refractivity contribution in [3.8, 4) is 0 Å². The van der Waals surface area contributed by atoms with Crippen LogP contribution in [0.3, 0.4) is 0 Å². The van der Waals surface area contributed by atoms with Crippen LogP contribution in [0.4, 0.5) is 0 Å². The van der Waals surface area contributed by atoms with Gasteiger partial charge in [-0.05, 0) is 28.5 Å².